The molecule has 0 saturated carbocycles. The Balaban J connectivity index is 2.17. The molecule has 0 radical (unpaired) electrons. The van der Waals surface area contributed by atoms with Gasteiger partial charge in [0.25, 0.3) is 0 Å². The predicted molar refractivity (Wildman–Crippen MR) is 106 cm³/mol. The standard InChI is InChI=1S/C15H19I2N3O3/c16-9-20(15(23)19-17)12-3-1-2-10(6-12)7-13(14(21)22)11-4-5-18-8-11/h1-3,6,11,13,18H,4-5,7-9H2,(H,19,23)(H,21,22). The summed E-state index contributed by atoms with van der Waals surface area (Å²) in [5, 5.41) is 12.8. The van der Waals surface area contributed by atoms with Gasteiger partial charge in [-0.3, -0.25) is 13.2 Å². The van der Waals surface area contributed by atoms with Gasteiger partial charge in [0.15, 0.2) is 0 Å². The average molecular weight is 543 g/mol. The first-order valence-corrected chi connectivity index (χ1v) is 9.93. The number of nitrogens with zero attached hydrogens (tertiary/aromatic N) is 1. The minimum Gasteiger partial charge on any atom is -0.481 e. The average Bonchev–Trinajstić information content (AvgIpc) is 3.07. The molecule has 1 saturated heterocycles. The Bertz CT molecular complexity index is 565. The van der Waals surface area contributed by atoms with Crippen LogP contribution >= 0.6 is 45.5 Å². The second-order valence-corrected chi connectivity index (χ2v) is 6.74. The van der Waals surface area contributed by atoms with E-state index in [0.717, 1.165) is 30.8 Å². The zero-order chi connectivity index (χ0) is 16.8. The Morgan fingerprint density at radius 2 is 2.26 bits per heavy atom. The lowest BCUT2D eigenvalue weighted by atomic mass is 9.86. The van der Waals surface area contributed by atoms with E-state index in [1.807, 2.05) is 47.1 Å². The Labute approximate surface area is 163 Å². The Morgan fingerprint density at radius 3 is 2.83 bits per heavy atom. The summed E-state index contributed by atoms with van der Waals surface area (Å²) in [6.07, 6.45) is 1.38. The smallest absolute Gasteiger partial charge is 0.331 e. The minimum absolute atomic E-state index is 0.162. The molecule has 0 bridgehead atoms. The summed E-state index contributed by atoms with van der Waals surface area (Å²) in [4.78, 5) is 25.1. The van der Waals surface area contributed by atoms with Gasteiger partial charge in [0, 0.05) is 5.69 Å². The van der Waals surface area contributed by atoms with Crippen molar-refractivity contribution in [3.05, 3.63) is 29.8 Å². The van der Waals surface area contributed by atoms with E-state index in [1.54, 1.807) is 4.90 Å². The molecule has 126 valence electrons. The molecular weight excluding hydrogens is 524 g/mol. The number of hydrogen-bond donors (Lipinski definition) is 3. The number of carboxylic acid groups (broad SMARTS) is 1. The molecular formula is C15H19I2N3O3. The predicted octanol–water partition coefficient (Wildman–Crippen LogP) is 2.80. The summed E-state index contributed by atoms with van der Waals surface area (Å²) in [6.45, 7) is 1.64. The van der Waals surface area contributed by atoms with E-state index in [2.05, 4.69) is 31.4 Å². The summed E-state index contributed by atoms with van der Waals surface area (Å²) in [6, 6.07) is 7.38. The van der Waals surface area contributed by atoms with Crippen LogP contribution in [0.3, 0.4) is 0 Å². The molecule has 0 aromatic heterocycles. The van der Waals surface area contributed by atoms with Crippen molar-refractivity contribution in [2.45, 2.75) is 12.8 Å². The van der Waals surface area contributed by atoms with Crippen LogP contribution < -0.4 is 13.7 Å². The van der Waals surface area contributed by atoms with E-state index >= 15 is 0 Å². The number of nitrogens with one attached hydrogen (secondary N) is 2. The van der Waals surface area contributed by atoms with Crippen molar-refractivity contribution in [1.29, 1.82) is 0 Å². The number of hydrogen-bond acceptors (Lipinski definition) is 3. The number of benzene rings is 1. The van der Waals surface area contributed by atoms with Crippen LogP contribution in [-0.2, 0) is 11.2 Å². The van der Waals surface area contributed by atoms with Crippen molar-refractivity contribution >= 4 is 63.1 Å². The maximum Gasteiger partial charge on any atom is 0.331 e. The van der Waals surface area contributed by atoms with Crippen molar-refractivity contribution < 1.29 is 14.7 Å². The summed E-state index contributed by atoms with van der Waals surface area (Å²) >= 11 is 3.94. The number of anilines is 1. The lowest BCUT2D eigenvalue weighted by Crippen LogP contribution is -2.34. The van der Waals surface area contributed by atoms with E-state index in [9.17, 15) is 14.7 Å². The summed E-state index contributed by atoms with van der Waals surface area (Å²) in [7, 11) is 0. The maximum atomic E-state index is 11.9. The van der Waals surface area contributed by atoms with Gasteiger partial charge in [0.2, 0.25) is 0 Å². The third kappa shape index (κ3) is 4.92. The molecule has 0 aliphatic carbocycles. The quantitative estimate of drug-likeness (QED) is 0.223. The van der Waals surface area contributed by atoms with Crippen LogP contribution in [0, 0.1) is 11.8 Å². The highest BCUT2D eigenvalue weighted by Crippen LogP contribution is 2.26. The van der Waals surface area contributed by atoms with Crippen LogP contribution in [-0.4, -0.2) is 34.7 Å². The third-order valence-corrected chi connectivity index (χ3v) is 5.25. The number of halogens is 2. The largest absolute Gasteiger partial charge is 0.481 e. The van der Waals surface area contributed by atoms with E-state index in [-0.39, 0.29) is 11.9 Å². The number of aliphatic carboxylic acids is 1. The molecule has 2 atom stereocenters. The maximum absolute atomic E-state index is 11.9. The van der Waals surface area contributed by atoms with Gasteiger partial charge in [-0.1, -0.05) is 34.7 Å². The summed E-state index contributed by atoms with van der Waals surface area (Å²) in [5.74, 6) is -0.985. The second kappa shape index (κ2) is 9.02. The van der Waals surface area contributed by atoms with Gasteiger partial charge in [0.05, 0.1) is 33.3 Å². The minimum atomic E-state index is -0.750. The highest BCUT2D eigenvalue weighted by molar-refractivity contribution is 14.1. The normalized spacial score (nSPS) is 18.4. The fourth-order valence-corrected chi connectivity index (χ4v) is 3.87. The van der Waals surface area contributed by atoms with Crippen molar-refractivity contribution in [1.82, 2.24) is 8.85 Å². The highest BCUT2D eigenvalue weighted by atomic mass is 127. The van der Waals surface area contributed by atoms with E-state index in [4.69, 9.17) is 0 Å². The van der Waals surface area contributed by atoms with Gasteiger partial charge < -0.3 is 10.4 Å². The molecule has 1 aromatic carbocycles. The lowest BCUT2D eigenvalue weighted by molar-refractivity contribution is -0.143. The monoisotopic (exact) mass is 543 g/mol. The second-order valence-electron chi connectivity index (χ2n) is 5.52. The molecule has 1 aliphatic rings. The SMILES string of the molecule is O=C(O)C(Cc1cccc(N(CI)C(=O)NI)c1)C1CCNC1. The van der Waals surface area contributed by atoms with Gasteiger partial charge in [-0.25, -0.2) is 4.79 Å². The van der Waals surface area contributed by atoms with E-state index in [0.29, 0.717) is 11.0 Å². The molecule has 1 aliphatic heterocycles. The molecule has 1 heterocycles. The van der Waals surface area contributed by atoms with Crippen LogP contribution in [0.25, 0.3) is 0 Å². The summed E-state index contributed by atoms with van der Waals surface area (Å²) in [5.41, 5.74) is 1.72. The third-order valence-electron chi connectivity index (χ3n) is 4.11. The zero-order valence-electron chi connectivity index (χ0n) is 12.5. The number of carboxylic acids is 1. The highest BCUT2D eigenvalue weighted by Gasteiger charge is 2.30. The first-order chi connectivity index (χ1) is 11.1. The molecule has 6 nitrogen and oxygen atoms in total. The molecule has 1 fully saturated rings. The molecule has 2 unspecified atom stereocenters. The first kappa shape index (κ1) is 18.7. The van der Waals surface area contributed by atoms with Crippen molar-refractivity contribution in [2.75, 3.05) is 22.5 Å². The first-order valence-electron chi connectivity index (χ1n) is 7.33. The van der Waals surface area contributed by atoms with Crippen molar-refractivity contribution in [3.8, 4) is 0 Å². The van der Waals surface area contributed by atoms with E-state index < -0.39 is 11.9 Å². The number of rotatable bonds is 6. The summed E-state index contributed by atoms with van der Waals surface area (Å²) < 4.78 is 3.11. The number of urea groups is 1. The topological polar surface area (TPSA) is 81.7 Å². The molecule has 2 rings (SSSR count). The van der Waals surface area contributed by atoms with Crippen LogP contribution in [0.2, 0.25) is 0 Å². The fraction of sp³-hybridized carbons (Fsp3) is 0.467. The van der Waals surface area contributed by atoms with Gasteiger partial charge >= 0.3 is 12.0 Å². The molecule has 1 aromatic rings. The molecule has 23 heavy (non-hydrogen) atoms. The number of alkyl halides is 1. The Morgan fingerprint density at radius 1 is 1.48 bits per heavy atom. The van der Waals surface area contributed by atoms with Crippen LogP contribution in [0.4, 0.5) is 10.5 Å². The van der Waals surface area contributed by atoms with Crippen molar-refractivity contribution in [2.24, 2.45) is 11.8 Å². The number of carbonyl (C=O) groups is 2. The van der Waals surface area contributed by atoms with Gasteiger partial charge in [0.1, 0.15) is 0 Å². The number of carbonyl (C=O) groups excluding carboxylic acids is 1. The molecule has 3 N–H and O–H groups in total. The van der Waals surface area contributed by atoms with Gasteiger partial charge in [-0.15, -0.1) is 0 Å². The van der Waals surface area contributed by atoms with Gasteiger partial charge in [-0.2, -0.15) is 0 Å². The molecule has 8 heteroatoms. The fourth-order valence-electron chi connectivity index (χ4n) is 2.87. The zero-order valence-corrected chi connectivity index (χ0v) is 16.8. The Hall–Kier alpha value is -0.620. The number of amides is 2. The lowest BCUT2D eigenvalue weighted by Gasteiger charge is -2.22. The van der Waals surface area contributed by atoms with Crippen molar-refractivity contribution in [3.63, 3.8) is 0 Å². The molecule has 0 spiro atoms. The molecule has 2 amide bonds. The van der Waals surface area contributed by atoms with Gasteiger partial charge in [-0.05, 0) is 49.5 Å². The van der Waals surface area contributed by atoms with Crippen LogP contribution in [0.5, 0.6) is 0 Å². The van der Waals surface area contributed by atoms with Crippen LogP contribution in [0.1, 0.15) is 12.0 Å². The Kier molecular flexibility index (Phi) is 7.34. The van der Waals surface area contributed by atoms with Crippen LogP contribution in [0.15, 0.2) is 24.3 Å². The van der Waals surface area contributed by atoms with E-state index in [1.165, 1.54) is 0 Å².